The molecule has 1 aliphatic rings. The number of ether oxygens (including phenoxy) is 1. The van der Waals surface area contributed by atoms with Crippen molar-refractivity contribution in [3.8, 4) is 0 Å². The maximum Gasteiger partial charge on any atom is 0.312 e. The van der Waals surface area contributed by atoms with Crippen molar-refractivity contribution in [2.75, 3.05) is 25.0 Å². The highest BCUT2D eigenvalue weighted by Crippen LogP contribution is 2.14. The van der Waals surface area contributed by atoms with Gasteiger partial charge < -0.3 is 42.8 Å². The number of hydrogen-bond donors (Lipinski definition) is 7. The molecule has 1 aromatic rings. The summed E-state index contributed by atoms with van der Waals surface area (Å²) in [6, 6.07) is 2.62. The fourth-order valence-electron chi connectivity index (χ4n) is 5.03. The number of anilines is 1. The Morgan fingerprint density at radius 3 is 1.98 bits per heavy atom. The maximum atomic E-state index is 13.7. The average Bonchev–Trinajstić information content (AvgIpc) is 3.39. The lowest BCUT2D eigenvalue weighted by atomic mass is 10.0. The van der Waals surface area contributed by atoms with Crippen LogP contribution < -0.4 is 38.1 Å². The lowest BCUT2D eigenvalue weighted by Crippen LogP contribution is -2.56. The second-order valence-electron chi connectivity index (χ2n) is 12.5. The molecule has 3 atom stereocenters. The van der Waals surface area contributed by atoms with Gasteiger partial charge in [0.25, 0.3) is 11.8 Å². The molecule has 0 spiro atoms. The Labute approximate surface area is 297 Å². The van der Waals surface area contributed by atoms with Gasteiger partial charge in [-0.1, -0.05) is 26.0 Å². The molecule has 0 saturated carbocycles. The Morgan fingerprint density at radius 2 is 1.39 bits per heavy atom. The van der Waals surface area contributed by atoms with Gasteiger partial charge in [0.2, 0.25) is 23.6 Å². The molecule has 17 nitrogen and oxygen atoms in total. The van der Waals surface area contributed by atoms with Crippen LogP contribution in [0.1, 0.15) is 71.3 Å². The summed E-state index contributed by atoms with van der Waals surface area (Å²) in [5.74, 6) is -3.94. The van der Waals surface area contributed by atoms with Gasteiger partial charge >= 0.3 is 12.0 Å². The van der Waals surface area contributed by atoms with E-state index in [-0.39, 0.29) is 57.7 Å². The third kappa shape index (κ3) is 15.8. The van der Waals surface area contributed by atoms with E-state index in [4.69, 9.17) is 16.2 Å². The van der Waals surface area contributed by atoms with Crippen molar-refractivity contribution in [3.63, 3.8) is 0 Å². The highest BCUT2D eigenvalue weighted by Gasteiger charge is 2.31. The quantitative estimate of drug-likeness (QED) is 0.0483. The summed E-state index contributed by atoms with van der Waals surface area (Å²) in [5, 5.41) is 13.3. The third-order valence-electron chi connectivity index (χ3n) is 7.67. The number of amides is 8. The number of nitrogens with two attached hydrogens (primary N) is 2. The number of rotatable bonds is 22. The highest BCUT2D eigenvalue weighted by molar-refractivity contribution is 6.13. The van der Waals surface area contributed by atoms with Gasteiger partial charge in [0.1, 0.15) is 24.7 Å². The van der Waals surface area contributed by atoms with E-state index in [2.05, 4.69) is 26.6 Å². The predicted octanol–water partition coefficient (Wildman–Crippen LogP) is 0.0813. The lowest BCUT2D eigenvalue weighted by molar-refractivity contribution is -0.142. The molecule has 17 heteroatoms. The minimum atomic E-state index is -1.09. The molecular formula is C34H50N8O9. The molecule has 2 rings (SSSR count). The normalized spacial score (nSPS) is 14.0. The molecule has 0 unspecified atom stereocenters. The van der Waals surface area contributed by atoms with Gasteiger partial charge in [-0.25, -0.2) is 4.79 Å². The van der Waals surface area contributed by atoms with Crippen LogP contribution in [0.3, 0.4) is 0 Å². The van der Waals surface area contributed by atoms with E-state index < -0.39 is 65.6 Å². The van der Waals surface area contributed by atoms with E-state index in [0.29, 0.717) is 30.6 Å². The fourth-order valence-corrected chi connectivity index (χ4v) is 5.03. The van der Waals surface area contributed by atoms with Crippen molar-refractivity contribution in [2.24, 2.45) is 17.4 Å². The first kappa shape index (κ1) is 41.8. The van der Waals surface area contributed by atoms with Crippen molar-refractivity contribution < 1.29 is 43.1 Å². The second-order valence-corrected chi connectivity index (χ2v) is 12.5. The third-order valence-corrected chi connectivity index (χ3v) is 7.67. The molecular weight excluding hydrogens is 664 g/mol. The SMILES string of the molecule is CC(=O)OCc1ccc(NC(=O)[C@H](CCCNC(N)=O)NC(=O)[C@H](CC(C)C)NC(=O)[C@H](CCCCN)NC(=O)CCN2C(=O)C=CC2=O)cc1. The molecule has 1 heterocycles. The van der Waals surface area contributed by atoms with E-state index in [1.54, 1.807) is 24.3 Å². The number of urea groups is 1. The summed E-state index contributed by atoms with van der Waals surface area (Å²) in [6.45, 7) is 5.42. The first-order valence-electron chi connectivity index (χ1n) is 16.9. The van der Waals surface area contributed by atoms with Gasteiger partial charge in [-0.3, -0.25) is 38.5 Å². The van der Waals surface area contributed by atoms with Crippen molar-refractivity contribution in [1.29, 1.82) is 0 Å². The molecule has 0 bridgehead atoms. The van der Waals surface area contributed by atoms with Gasteiger partial charge in [-0.2, -0.15) is 0 Å². The van der Waals surface area contributed by atoms with Crippen LogP contribution in [-0.4, -0.2) is 90.1 Å². The summed E-state index contributed by atoms with van der Waals surface area (Å²) in [6.07, 6.45) is 3.88. The van der Waals surface area contributed by atoms with Crippen LogP contribution in [0.25, 0.3) is 0 Å². The number of imide groups is 1. The van der Waals surface area contributed by atoms with Crippen molar-refractivity contribution in [3.05, 3.63) is 42.0 Å². The molecule has 0 aliphatic carbocycles. The van der Waals surface area contributed by atoms with Crippen molar-refractivity contribution in [1.82, 2.24) is 26.2 Å². The molecule has 51 heavy (non-hydrogen) atoms. The minimum Gasteiger partial charge on any atom is -0.461 e. The second kappa shape index (κ2) is 21.7. The summed E-state index contributed by atoms with van der Waals surface area (Å²) < 4.78 is 4.98. The number of esters is 1. The monoisotopic (exact) mass is 714 g/mol. The predicted molar refractivity (Wildman–Crippen MR) is 186 cm³/mol. The molecule has 1 aliphatic heterocycles. The summed E-state index contributed by atoms with van der Waals surface area (Å²) in [4.78, 5) is 100. The van der Waals surface area contributed by atoms with E-state index in [1.165, 1.54) is 6.92 Å². The summed E-state index contributed by atoms with van der Waals surface area (Å²) in [7, 11) is 0. The van der Waals surface area contributed by atoms with Crippen molar-refractivity contribution in [2.45, 2.75) is 90.4 Å². The van der Waals surface area contributed by atoms with Gasteiger partial charge in [0.15, 0.2) is 0 Å². The number of benzene rings is 1. The Kier molecular flexibility index (Phi) is 17.8. The minimum absolute atomic E-state index is 0.0620. The molecule has 280 valence electrons. The Bertz CT molecular complexity index is 1410. The Hall–Kier alpha value is -5.32. The molecule has 8 amide bonds. The Morgan fingerprint density at radius 1 is 0.804 bits per heavy atom. The van der Waals surface area contributed by atoms with Gasteiger partial charge in [0.05, 0.1) is 0 Å². The summed E-state index contributed by atoms with van der Waals surface area (Å²) in [5.41, 5.74) is 11.9. The lowest BCUT2D eigenvalue weighted by Gasteiger charge is -2.26. The van der Waals surface area contributed by atoms with Crippen LogP contribution in [0.15, 0.2) is 36.4 Å². The maximum absolute atomic E-state index is 13.7. The smallest absolute Gasteiger partial charge is 0.312 e. The van der Waals surface area contributed by atoms with Gasteiger partial charge in [-0.05, 0) is 68.7 Å². The molecule has 1 aromatic carbocycles. The molecule has 9 N–H and O–H groups in total. The zero-order valence-electron chi connectivity index (χ0n) is 29.3. The number of primary amides is 1. The van der Waals surface area contributed by atoms with Crippen LogP contribution >= 0.6 is 0 Å². The average molecular weight is 715 g/mol. The number of unbranched alkanes of at least 4 members (excludes halogenated alkanes) is 1. The molecule has 0 saturated heterocycles. The van der Waals surface area contributed by atoms with E-state index >= 15 is 0 Å². The number of carbonyl (C=O) groups is 8. The zero-order valence-corrected chi connectivity index (χ0v) is 29.3. The fraction of sp³-hybridized carbons (Fsp3) is 0.529. The topological polar surface area (TPSA) is 261 Å². The largest absolute Gasteiger partial charge is 0.461 e. The Balaban J connectivity index is 2.16. The van der Waals surface area contributed by atoms with E-state index in [1.807, 2.05) is 13.8 Å². The van der Waals surface area contributed by atoms with Crippen LogP contribution in [-0.2, 0) is 44.9 Å². The van der Waals surface area contributed by atoms with Gasteiger partial charge in [0, 0.05) is 44.3 Å². The standard InChI is InChI=1S/C34H50N8O9/c1-21(2)19-27(41-32(48)25(7-4-5-16-35)39-28(44)15-18-42-29(45)13-14-30(42)46)33(49)40-26(8-6-17-37-34(36)50)31(47)38-24-11-9-23(10-12-24)20-51-22(3)43/h9-14,21,25-27H,4-8,15-20,35H2,1-3H3,(H,38,47)(H,39,44)(H,40,49)(H,41,48)(H3,36,37,50)/t25-,26-,27-/m0/s1. The van der Waals surface area contributed by atoms with Gasteiger partial charge in [-0.15, -0.1) is 0 Å². The first-order chi connectivity index (χ1) is 24.2. The number of hydrogen-bond acceptors (Lipinski definition) is 10. The highest BCUT2D eigenvalue weighted by atomic mass is 16.5. The first-order valence-corrected chi connectivity index (χ1v) is 16.9. The number of nitrogens with one attached hydrogen (secondary N) is 5. The number of carbonyl (C=O) groups excluding carboxylic acids is 8. The van der Waals surface area contributed by atoms with Crippen molar-refractivity contribution >= 4 is 53.1 Å². The van der Waals surface area contributed by atoms with E-state index in [9.17, 15) is 38.4 Å². The van der Waals surface area contributed by atoms with Crippen LogP contribution in [0, 0.1) is 5.92 Å². The van der Waals surface area contributed by atoms with Crippen LogP contribution in [0.4, 0.5) is 10.5 Å². The van der Waals surface area contributed by atoms with E-state index in [0.717, 1.165) is 17.1 Å². The summed E-state index contributed by atoms with van der Waals surface area (Å²) >= 11 is 0. The molecule has 0 radical (unpaired) electrons. The molecule has 0 aromatic heterocycles. The number of nitrogens with zero attached hydrogens (tertiary/aromatic N) is 1. The zero-order chi connectivity index (χ0) is 37.9. The molecule has 0 fully saturated rings. The van der Waals surface area contributed by atoms with Crippen LogP contribution in [0.2, 0.25) is 0 Å². The van der Waals surface area contributed by atoms with Crippen LogP contribution in [0.5, 0.6) is 0 Å².